The number of ether oxygens (including phenoxy) is 1. The molecule has 0 saturated carbocycles. The molecule has 2 rings (SSSR count). The molecule has 1 aliphatic rings. The van der Waals surface area contributed by atoms with Crippen molar-refractivity contribution in [2.45, 2.75) is 26.3 Å². The average Bonchev–Trinajstić information content (AvgIpc) is 2.60. The summed E-state index contributed by atoms with van der Waals surface area (Å²) in [5.74, 6) is 1.78. The molecule has 17 heavy (non-hydrogen) atoms. The van der Waals surface area contributed by atoms with E-state index in [1.54, 1.807) is 0 Å². The molecule has 3 heteroatoms. The smallest absolute Gasteiger partial charge is 0.119 e. The van der Waals surface area contributed by atoms with E-state index in [9.17, 15) is 0 Å². The predicted molar refractivity (Wildman–Crippen MR) is 74.5 cm³/mol. The Bertz CT molecular complexity index is 352. The Morgan fingerprint density at radius 1 is 1.29 bits per heavy atom. The van der Waals surface area contributed by atoms with E-state index in [1.165, 1.54) is 13.0 Å². The molecule has 0 bridgehead atoms. The zero-order valence-electron chi connectivity index (χ0n) is 10.5. The van der Waals surface area contributed by atoms with Crippen LogP contribution in [-0.2, 0) is 0 Å². The first-order valence-electron chi connectivity index (χ1n) is 6.27. The first-order chi connectivity index (χ1) is 8.15. The molecule has 1 aliphatic heterocycles. The Labute approximate surface area is 112 Å². The van der Waals surface area contributed by atoms with Crippen molar-refractivity contribution in [2.24, 2.45) is 5.92 Å². The lowest BCUT2D eigenvalue weighted by molar-refractivity contribution is 0.202. The van der Waals surface area contributed by atoms with Crippen molar-refractivity contribution >= 4 is 15.9 Å². The lowest BCUT2D eigenvalue weighted by Gasteiger charge is -2.20. The fraction of sp³-hybridized carbons (Fsp3) is 0.571. The van der Waals surface area contributed by atoms with E-state index in [1.807, 2.05) is 24.3 Å². The summed E-state index contributed by atoms with van der Waals surface area (Å²) in [5.41, 5.74) is 0. The SMILES string of the molecule is CC1CC(C)N(CCOc2ccc(Br)cc2)C1. The van der Waals surface area contributed by atoms with Crippen molar-refractivity contribution in [1.82, 2.24) is 4.90 Å². The molecule has 1 fully saturated rings. The molecule has 0 aromatic heterocycles. The third-order valence-electron chi connectivity index (χ3n) is 3.37. The van der Waals surface area contributed by atoms with Crippen LogP contribution in [0.5, 0.6) is 5.75 Å². The van der Waals surface area contributed by atoms with Gasteiger partial charge in [0.2, 0.25) is 0 Å². The van der Waals surface area contributed by atoms with Gasteiger partial charge in [-0.2, -0.15) is 0 Å². The molecule has 0 N–H and O–H groups in total. The highest BCUT2D eigenvalue weighted by Gasteiger charge is 2.25. The summed E-state index contributed by atoms with van der Waals surface area (Å²) in [7, 11) is 0. The van der Waals surface area contributed by atoms with Crippen LogP contribution in [0.3, 0.4) is 0 Å². The topological polar surface area (TPSA) is 12.5 Å². The van der Waals surface area contributed by atoms with E-state index in [0.29, 0.717) is 6.04 Å². The molecule has 2 nitrogen and oxygen atoms in total. The Morgan fingerprint density at radius 2 is 2.00 bits per heavy atom. The van der Waals surface area contributed by atoms with Crippen LogP contribution in [0.1, 0.15) is 20.3 Å². The Morgan fingerprint density at radius 3 is 2.59 bits per heavy atom. The number of nitrogens with zero attached hydrogens (tertiary/aromatic N) is 1. The largest absolute Gasteiger partial charge is 0.492 e. The van der Waals surface area contributed by atoms with Gasteiger partial charge in [-0.1, -0.05) is 22.9 Å². The van der Waals surface area contributed by atoms with E-state index < -0.39 is 0 Å². The molecule has 0 amide bonds. The number of hydrogen-bond acceptors (Lipinski definition) is 2. The van der Waals surface area contributed by atoms with Crippen molar-refractivity contribution in [3.63, 3.8) is 0 Å². The van der Waals surface area contributed by atoms with Gasteiger partial charge in [-0.25, -0.2) is 0 Å². The van der Waals surface area contributed by atoms with Crippen molar-refractivity contribution in [1.29, 1.82) is 0 Å². The molecule has 0 radical (unpaired) electrons. The minimum Gasteiger partial charge on any atom is -0.492 e. The fourth-order valence-electron chi connectivity index (χ4n) is 2.51. The van der Waals surface area contributed by atoms with Gasteiger partial charge < -0.3 is 4.74 Å². The highest BCUT2D eigenvalue weighted by atomic mass is 79.9. The van der Waals surface area contributed by atoms with E-state index >= 15 is 0 Å². The van der Waals surface area contributed by atoms with E-state index in [4.69, 9.17) is 4.74 Å². The van der Waals surface area contributed by atoms with Gasteiger partial charge >= 0.3 is 0 Å². The van der Waals surface area contributed by atoms with Crippen LogP contribution in [0, 0.1) is 5.92 Å². The molecule has 94 valence electrons. The Balaban J connectivity index is 1.74. The second kappa shape index (κ2) is 5.87. The van der Waals surface area contributed by atoms with Crippen LogP contribution in [-0.4, -0.2) is 30.6 Å². The number of rotatable bonds is 4. The molecule has 1 saturated heterocycles. The van der Waals surface area contributed by atoms with Crippen LogP contribution >= 0.6 is 15.9 Å². The Hall–Kier alpha value is -0.540. The number of likely N-dealkylation sites (tertiary alicyclic amines) is 1. The summed E-state index contributed by atoms with van der Waals surface area (Å²) in [4.78, 5) is 2.52. The third-order valence-corrected chi connectivity index (χ3v) is 3.90. The van der Waals surface area contributed by atoms with Gasteiger partial charge in [0.15, 0.2) is 0 Å². The normalized spacial score (nSPS) is 25.1. The molecule has 1 heterocycles. The number of benzene rings is 1. The van der Waals surface area contributed by atoms with Gasteiger partial charge in [-0.05, 0) is 43.5 Å². The maximum absolute atomic E-state index is 5.74. The molecular weight excluding hydrogens is 278 g/mol. The van der Waals surface area contributed by atoms with Crippen LogP contribution < -0.4 is 4.74 Å². The van der Waals surface area contributed by atoms with Gasteiger partial charge in [-0.3, -0.25) is 4.90 Å². The number of hydrogen-bond donors (Lipinski definition) is 0. The van der Waals surface area contributed by atoms with Crippen LogP contribution in [0.25, 0.3) is 0 Å². The van der Waals surface area contributed by atoms with Gasteiger partial charge in [-0.15, -0.1) is 0 Å². The highest BCUT2D eigenvalue weighted by molar-refractivity contribution is 9.10. The van der Waals surface area contributed by atoms with E-state index in [0.717, 1.165) is 29.3 Å². The average molecular weight is 298 g/mol. The highest BCUT2D eigenvalue weighted by Crippen LogP contribution is 2.22. The third kappa shape index (κ3) is 3.71. The summed E-state index contributed by atoms with van der Waals surface area (Å²) in [6, 6.07) is 8.73. The molecule has 0 aliphatic carbocycles. The second-order valence-corrected chi connectivity index (χ2v) is 5.90. The first-order valence-corrected chi connectivity index (χ1v) is 7.07. The van der Waals surface area contributed by atoms with E-state index in [-0.39, 0.29) is 0 Å². The minimum atomic E-state index is 0.707. The summed E-state index contributed by atoms with van der Waals surface area (Å²) >= 11 is 3.42. The predicted octanol–water partition coefficient (Wildman–Crippen LogP) is 3.56. The van der Waals surface area contributed by atoms with Crippen molar-refractivity contribution in [3.05, 3.63) is 28.7 Å². The summed E-state index contributed by atoms with van der Waals surface area (Å²) in [6.07, 6.45) is 1.32. The molecule has 1 aromatic carbocycles. The van der Waals surface area contributed by atoms with Crippen LogP contribution in [0.4, 0.5) is 0 Å². The fourth-order valence-corrected chi connectivity index (χ4v) is 2.77. The van der Waals surface area contributed by atoms with Crippen molar-refractivity contribution in [3.8, 4) is 5.75 Å². The maximum Gasteiger partial charge on any atom is 0.119 e. The minimum absolute atomic E-state index is 0.707. The standard InChI is InChI=1S/C14H20BrNO/c1-11-9-12(2)16(10-11)7-8-17-14-5-3-13(15)4-6-14/h3-6,11-12H,7-10H2,1-2H3. The molecule has 2 unspecified atom stereocenters. The lowest BCUT2D eigenvalue weighted by Crippen LogP contribution is -2.31. The summed E-state index contributed by atoms with van der Waals surface area (Å²) in [5, 5.41) is 0. The van der Waals surface area contributed by atoms with Crippen molar-refractivity contribution < 1.29 is 4.74 Å². The quantitative estimate of drug-likeness (QED) is 0.843. The molecule has 0 spiro atoms. The van der Waals surface area contributed by atoms with Crippen LogP contribution in [0.2, 0.25) is 0 Å². The summed E-state index contributed by atoms with van der Waals surface area (Å²) < 4.78 is 6.83. The number of halogens is 1. The van der Waals surface area contributed by atoms with Crippen molar-refractivity contribution in [2.75, 3.05) is 19.7 Å². The van der Waals surface area contributed by atoms with Gasteiger partial charge in [0.25, 0.3) is 0 Å². The Kier molecular flexibility index (Phi) is 4.46. The summed E-state index contributed by atoms with van der Waals surface area (Å²) in [6.45, 7) is 7.65. The van der Waals surface area contributed by atoms with E-state index in [2.05, 4.69) is 34.7 Å². The maximum atomic E-state index is 5.74. The molecule has 1 aromatic rings. The van der Waals surface area contributed by atoms with Crippen LogP contribution in [0.15, 0.2) is 28.7 Å². The van der Waals surface area contributed by atoms with Gasteiger partial charge in [0.05, 0.1) is 0 Å². The van der Waals surface area contributed by atoms with Gasteiger partial charge in [0.1, 0.15) is 12.4 Å². The monoisotopic (exact) mass is 297 g/mol. The zero-order valence-corrected chi connectivity index (χ0v) is 12.1. The molecule has 2 atom stereocenters. The lowest BCUT2D eigenvalue weighted by atomic mass is 10.1. The first kappa shape index (κ1) is 12.9. The zero-order chi connectivity index (χ0) is 12.3. The van der Waals surface area contributed by atoms with Gasteiger partial charge in [0, 0.05) is 23.6 Å². The second-order valence-electron chi connectivity index (χ2n) is 4.99. The molecular formula is C14H20BrNO.